The highest BCUT2D eigenvalue weighted by Crippen LogP contribution is 2.44. The van der Waals surface area contributed by atoms with Gasteiger partial charge in [-0.05, 0) is 43.7 Å². The van der Waals surface area contributed by atoms with E-state index in [9.17, 15) is 13.6 Å². The quantitative estimate of drug-likeness (QED) is 0.460. The van der Waals surface area contributed by atoms with Crippen LogP contribution in [0.2, 0.25) is 0 Å². The van der Waals surface area contributed by atoms with Crippen molar-refractivity contribution in [1.29, 1.82) is 0 Å². The fourth-order valence-corrected chi connectivity index (χ4v) is 5.23. The second kappa shape index (κ2) is 7.59. The molecule has 0 aliphatic carbocycles. The van der Waals surface area contributed by atoms with Gasteiger partial charge in [0.25, 0.3) is 11.8 Å². The van der Waals surface area contributed by atoms with Gasteiger partial charge in [-0.15, -0.1) is 0 Å². The number of aromatic nitrogens is 4. The summed E-state index contributed by atoms with van der Waals surface area (Å²) in [5.74, 6) is -3.68. The number of halogens is 3. The van der Waals surface area contributed by atoms with Gasteiger partial charge in [0, 0.05) is 48.2 Å². The summed E-state index contributed by atoms with van der Waals surface area (Å²) in [5, 5.41) is 4.40. The molecule has 0 saturated carbocycles. The van der Waals surface area contributed by atoms with Crippen molar-refractivity contribution in [1.82, 2.24) is 19.7 Å². The number of benzene rings is 2. The second-order valence-corrected chi connectivity index (χ2v) is 9.24. The zero-order valence-corrected chi connectivity index (χ0v) is 19.2. The molecular weight excluding hydrogens is 457 g/mol. The van der Waals surface area contributed by atoms with Crippen LogP contribution >= 0.6 is 0 Å². The van der Waals surface area contributed by atoms with Crippen LogP contribution in [0.4, 0.5) is 24.5 Å². The van der Waals surface area contributed by atoms with Gasteiger partial charge in [-0.3, -0.25) is 14.4 Å². The van der Waals surface area contributed by atoms with Gasteiger partial charge in [0.15, 0.2) is 5.69 Å². The van der Waals surface area contributed by atoms with Crippen LogP contribution in [0.5, 0.6) is 0 Å². The number of carbonyl (C=O) groups excluding carboxylic acids is 1. The molecule has 1 unspecified atom stereocenters. The molecule has 1 saturated heterocycles. The van der Waals surface area contributed by atoms with Gasteiger partial charge in [-0.1, -0.05) is 6.07 Å². The maximum atomic E-state index is 15.7. The highest BCUT2D eigenvalue weighted by molar-refractivity contribution is 6.11. The van der Waals surface area contributed by atoms with Crippen LogP contribution in [0.3, 0.4) is 0 Å². The summed E-state index contributed by atoms with van der Waals surface area (Å²) < 4.78 is 45.2. The number of aromatic amines is 1. The van der Waals surface area contributed by atoms with Crippen LogP contribution in [0.25, 0.3) is 11.0 Å². The van der Waals surface area contributed by atoms with E-state index in [1.54, 1.807) is 48.4 Å². The van der Waals surface area contributed by atoms with E-state index in [1.165, 1.54) is 15.9 Å². The number of nitrogens with zero attached hydrogens (tertiary/aromatic N) is 5. The van der Waals surface area contributed by atoms with Gasteiger partial charge in [0.1, 0.15) is 5.82 Å². The van der Waals surface area contributed by atoms with E-state index in [0.29, 0.717) is 29.9 Å². The van der Waals surface area contributed by atoms with Gasteiger partial charge >= 0.3 is 0 Å². The molecule has 2 aromatic heterocycles. The molecular formula is C25H23F3N6O. The zero-order chi connectivity index (χ0) is 24.5. The van der Waals surface area contributed by atoms with Crippen LogP contribution in [0.1, 0.15) is 46.2 Å². The monoisotopic (exact) mass is 480 g/mol. The number of hydrogen-bond acceptors (Lipinski definition) is 4. The molecule has 0 spiro atoms. The lowest BCUT2D eigenvalue weighted by Crippen LogP contribution is -2.42. The maximum absolute atomic E-state index is 15.7. The first kappa shape index (κ1) is 21.7. The van der Waals surface area contributed by atoms with Gasteiger partial charge in [-0.2, -0.15) is 5.10 Å². The van der Waals surface area contributed by atoms with Crippen LogP contribution in [-0.4, -0.2) is 44.7 Å². The van der Waals surface area contributed by atoms with Gasteiger partial charge in [0.2, 0.25) is 0 Å². The third-order valence-corrected chi connectivity index (χ3v) is 7.05. The predicted molar refractivity (Wildman–Crippen MR) is 125 cm³/mol. The third kappa shape index (κ3) is 3.38. The Morgan fingerprint density at radius 1 is 1.14 bits per heavy atom. The molecule has 0 radical (unpaired) electrons. The molecule has 1 amide bonds. The molecule has 2 aliphatic heterocycles. The van der Waals surface area contributed by atoms with Crippen molar-refractivity contribution in [3.8, 4) is 0 Å². The highest BCUT2D eigenvalue weighted by Gasteiger charge is 2.44. The number of nitrogens with one attached hydrogen (secondary N) is 1. The minimum absolute atomic E-state index is 0.160. The average molecular weight is 480 g/mol. The molecule has 10 heteroatoms. The number of hydrogen-bond donors (Lipinski definition) is 1. The summed E-state index contributed by atoms with van der Waals surface area (Å²) >= 11 is 0. The Hall–Kier alpha value is -3.82. The number of alkyl halides is 2. The topological polar surface area (TPSA) is 70.0 Å². The molecule has 4 heterocycles. The van der Waals surface area contributed by atoms with Crippen LogP contribution in [0, 0.1) is 12.7 Å². The van der Waals surface area contributed by atoms with Crippen molar-refractivity contribution in [2.45, 2.75) is 31.7 Å². The number of rotatable bonds is 3. The smallest absolute Gasteiger partial charge is 0.280 e. The fraction of sp³-hybridized carbons (Fsp3) is 0.320. The Labute approximate surface area is 199 Å². The molecule has 6 rings (SSSR count). The summed E-state index contributed by atoms with van der Waals surface area (Å²) in [5.41, 5.74) is 4.43. The second-order valence-electron chi connectivity index (χ2n) is 9.24. The lowest BCUT2D eigenvalue weighted by atomic mass is 9.97. The average Bonchev–Trinajstić information content (AvgIpc) is 3.48. The molecule has 1 fully saturated rings. The summed E-state index contributed by atoms with van der Waals surface area (Å²) in [6.07, 6.45) is 1.75. The van der Waals surface area contributed by atoms with Crippen LogP contribution in [-0.2, 0) is 7.05 Å². The normalized spacial score (nSPS) is 19.6. The Morgan fingerprint density at radius 2 is 1.94 bits per heavy atom. The summed E-state index contributed by atoms with van der Waals surface area (Å²) in [6.45, 7) is 1.85. The Morgan fingerprint density at radius 3 is 2.71 bits per heavy atom. The van der Waals surface area contributed by atoms with Crippen LogP contribution < -0.4 is 9.80 Å². The molecule has 4 aromatic rings. The van der Waals surface area contributed by atoms with E-state index >= 15 is 4.39 Å². The summed E-state index contributed by atoms with van der Waals surface area (Å²) in [7, 11) is 1.75. The summed E-state index contributed by atoms with van der Waals surface area (Å²) in [4.78, 5) is 23.8. The Kier molecular flexibility index (Phi) is 4.71. The minimum Gasteiger partial charge on any atom is -0.365 e. The number of imidazole rings is 1. The highest BCUT2D eigenvalue weighted by atomic mass is 19.3. The van der Waals surface area contributed by atoms with E-state index in [0.717, 1.165) is 16.7 Å². The maximum Gasteiger partial charge on any atom is 0.280 e. The lowest BCUT2D eigenvalue weighted by Gasteiger charge is -2.34. The first-order chi connectivity index (χ1) is 16.7. The number of carbonyl (C=O) groups is 1. The number of anilines is 2. The Balaban J connectivity index is 1.46. The molecule has 7 nitrogen and oxygen atoms in total. The van der Waals surface area contributed by atoms with E-state index in [-0.39, 0.29) is 23.6 Å². The first-order valence-electron chi connectivity index (χ1n) is 11.5. The van der Waals surface area contributed by atoms with Crippen molar-refractivity contribution >= 4 is 28.3 Å². The fourth-order valence-electron chi connectivity index (χ4n) is 5.23. The van der Waals surface area contributed by atoms with E-state index in [2.05, 4.69) is 15.1 Å². The zero-order valence-electron chi connectivity index (χ0n) is 19.2. The SMILES string of the molecule is Cc1c2c(nn1C)C(=O)N(c1ccc3nc[nH]c3c1)C2c1ccc(N2CCCC(F)(F)C2)cc1F. The van der Waals surface area contributed by atoms with Gasteiger partial charge in [0.05, 0.1) is 29.9 Å². The summed E-state index contributed by atoms with van der Waals surface area (Å²) in [6, 6.07) is 9.17. The molecule has 0 bridgehead atoms. The Bertz CT molecular complexity index is 1480. The standard InChI is InChI=1S/C25H23F3N6O/c1-14-21-22(31-32(14)2)24(35)34(16-5-7-19-20(11-16)30-13-29-19)23(21)17-6-4-15(10-18(17)26)33-9-3-8-25(27,28)12-33/h4-7,10-11,13,23H,3,8-9,12H2,1-2H3,(H,29,30). The first-order valence-corrected chi connectivity index (χ1v) is 11.5. The van der Waals surface area contributed by atoms with Crippen molar-refractivity contribution in [2.75, 3.05) is 22.9 Å². The number of aryl methyl sites for hydroxylation is 1. The number of H-pyrrole nitrogens is 1. The van der Waals surface area contributed by atoms with Crippen molar-refractivity contribution in [2.24, 2.45) is 7.05 Å². The molecule has 2 aliphatic rings. The van der Waals surface area contributed by atoms with Crippen molar-refractivity contribution in [3.63, 3.8) is 0 Å². The van der Waals surface area contributed by atoms with E-state index in [1.807, 2.05) is 6.92 Å². The number of fused-ring (bicyclic) bond motifs is 2. The number of amides is 1. The van der Waals surface area contributed by atoms with E-state index < -0.39 is 24.3 Å². The van der Waals surface area contributed by atoms with Crippen molar-refractivity contribution < 1.29 is 18.0 Å². The van der Waals surface area contributed by atoms with E-state index in [4.69, 9.17) is 0 Å². The molecule has 2 aromatic carbocycles. The molecule has 35 heavy (non-hydrogen) atoms. The largest absolute Gasteiger partial charge is 0.365 e. The molecule has 1 N–H and O–H groups in total. The predicted octanol–water partition coefficient (Wildman–Crippen LogP) is 4.73. The minimum atomic E-state index is -2.80. The molecule has 180 valence electrons. The third-order valence-electron chi connectivity index (χ3n) is 7.05. The van der Waals surface area contributed by atoms with Crippen molar-refractivity contribution in [3.05, 3.63) is 71.1 Å². The molecule has 1 atom stereocenters. The van der Waals surface area contributed by atoms with Crippen LogP contribution in [0.15, 0.2) is 42.7 Å². The van der Waals surface area contributed by atoms with Gasteiger partial charge in [-0.25, -0.2) is 18.2 Å². The lowest BCUT2D eigenvalue weighted by molar-refractivity contribution is -0.0116. The number of piperidine rings is 1. The van der Waals surface area contributed by atoms with Gasteiger partial charge < -0.3 is 9.88 Å².